The zero-order valence-electron chi connectivity index (χ0n) is 8.37. The van der Waals surface area contributed by atoms with Gasteiger partial charge in [-0.3, -0.25) is 0 Å². The van der Waals surface area contributed by atoms with Gasteiger partial charge in [0, 0.05) is 13.5 Å². The molecule has 0 bridgehead atoms. The summed E-state index contributed by atoms with van der Waals surface area (Å²) < 4.78 is 7.73. The SMILES string of the molecule is [2H]C1C=C[C@H](CC=C)N[C@H]1CC=C. The highest BCUT2D eigenvalue weighted by Crippen LogP contribution is 2.10. The summed E-state index contributed by atoms with van der Waals surface area (Å²) in [6.45, 7) is 7.40. The van der Waals surface area contributed by atoms with Gasteiger partial charge in [-0.2, -0.15) is 0 Å². The second kappa shape index (κ2) is 4.94. The molecule has 0 aromatic rings. The normalized spacial score (nSPS) is 35.7. The molecule has 1 nitrogen and oxygen atoms in total. The maximum Gasteiger partial charge on any atom is 0.0326 e. The molecule has 0 spiro atoms. The van der Waals surface area contributed by atoms with E-state index in [2.05, 4.69) is 24.6 Å². The fraction of sp³-hybridized carbons (Fsp3) is 0.455. The molecule has 0 saturated carbocycles. The van der Waals surface area contributed by atoms with Crippen LogP contribution in [-0.4, -0.2) is 12.1 Å². The van der Waals surface area contributed by atoms with Crippen molar-refractivity contribution in [2.45, 2.75) is 31.3 Å². The Morgan fingerprint density at radius 2 is 2.25 bits per heavy atom. The second-order valence-corrected chi connectivity index (χ2v) is 3.01. The first kappa shape index (κ1) is 7.81. The number of rotatable bonds is 4. The predicted octanol–water partition coefficient (Wildman–Crippen LogP) is 2.43. The van der Waals surface area contributed by atoms with Crippen LogP contribution in [0.2, 0.25) is 0 Å². The van der Waals surface area contributed by atoms with Crippen molar-refractivity contribution < 1.29 is 1.37 Å². The Hall–Kier alpha value is -0.820. The van der Waals surface area contributed by atoms with Crippen molar-refractivity contribution in [2.24, 2.45) is 0 Å². The van der Waals surface area contributed by atoms with E-state index in [-0.39, 0.29) is 12.4 Å². The van der Waals surface area contributed by atoms with E-state index in [4.69, 9.17) is 1.37 Å². The monoisotopic (exact) mass is 164 g/mol. The highest BCUT2D eigenvalue weighted by Gasteiger charge is 2.13. The third-order valence-electron chi connectivity index (χ3n) is 1.96. The maximum atomic E-state index is 7.73. The summed E-state index contributed by atoms with van der Waals surface area (Å²) in [5.41, 5.74) is 0. The fourth-order valence-electron chi connectivity index (χ4n) is 1.37. The Morgan fingerprint density at radius 3 is 2.92 bits per heavy atom. The summed E-state index contributed by atoms with van der Waals surface area (Å²) in [7, 11) is 0. The minimum absolute atomic E-state index is 0.140. The number of nitrogens with one attached hydrogen (secondary N) is 1. The Bertz CT molecular complexity index is 210. The first-order valence-corrected chi connectivity index (χ1v) is 4.36. The lowest BCUT2D eigenvalue weighted by Gasteiger charge is -2.25. The third-order valence-corrected chi connectivity index (χ3v) is 1.96. The van der Waals surface area contributed by atoms with Crippen LogP contribution in [0.1, 0.15) is 20.6 Å². The lowest BCUT2D eigenvalue weighted by Crippen LogP contribution is -2.38. The number of hydrogen-bond donors (Lipinski definition) is 1. The Labute approximate surface area is 76.3 Å². The van der Waals surface area contributed by atoms with Gasteiger partial charge < -0.3 is 5.32 Å². The van der Waals surface area contributed by atoms with Crippen molar-refractivity contribution in [2.75, 3.05) is 0 Å². The molecule has 0 amide bonds. The summed E-state index contributed by atoms with van der Waals surface area (Å²) in [6, 6.07) is 0.566. The molecule has 0 aromatic carbocycles. The smallest absolute Gasteiger partial charge is 0.0326 e. The Kier molecular flexibility index (Phi) is 3.21. The van der Waals surface area contributed by atoms with E-state index in [9.17, 15) is 0 Å². The minimum Gasteiger partial charge on any atom is -0.307 e. The van der Waals surface area contributed by atoms with Crippen molar-refractivity contribution in [1.82, 2.24) is 5.32 Å². The van der Waals surface area contributed by atoms with E-state index >= 15 is 0 Å². The van der Waals surface area contributed by atoms with Gasteiger partial charge in [-0.05, 0) is 19.2 Å². The van der Waals surface area contributed by atoms with Crippen molar-refractivity contribution >= 4 is 0 Å². The van der Waals surface area contributed by atoms with Gasteiger partial charge in [0.15, 0.2) is 0 Å². The molecule has 1 aliphatic rings. The van der Waals surface area contributed by atoms with Gasteiger partial charge in [-0.25, -0.2) is 0 Å². The quantitative estimate of drug-likeness (QED) is 0.629. The van der Waals surface area contributed by atoms with Gasteiger partial charge in [-0.1, -0.05) is 24.3 Å². The molecular formula is C11H17N. The van der Waals surface area contributed by atoms with Gasteiger partial charge >= 0.3 is 0 Å². The van der Waals surface area contributed by atoms with Gasteiger partial charge in [0.05, 0.1) is 0 Å². The molecule has 1 aliphatic heterocycles. The van der Waals surface area contributed by atoms with Crippen molar-refractivity contribution in [3.8, 4) is 0 Å². The average Bonchev–Trinajstić information content (AvgIpc) is 2.12. The van der Waals surface area contributed by atoms with Crippen LogP contribution in [-0.2, 0) is 0 Å². The first-order valence-electron chi connectivity index (χ1n) is 4.94. The van der Waals surface area contributed by atoms with Crippen LogP contribution in [0.15, 0.2) is 37.5 Å². The van der Waals surface area contributed by atoms with Crippen LogP contribution < -0.4 is 5.32 Å². The van der Waals surface area contributed by atoms with Gasteiger partial charge in [0.2, 0.25) is 0 Å². The van der Waals surface area contributed by atoms with E-state index in [1.807, 2.05) is 18.2 Å². The van der Waals surface area contributed by atoms with E-state index in [1.165, 1.54) is 0 Å². The maximum absolute atomic E-state index is 7.73. The standard InChI is InChI=1S/C11H17N/c1-3-6-10-8-5-9-11(12-10)7-4-2/h3-5,8,10-12H,1-2,6-7,9H2/t10-,11-/m0/s1/i9D/t9?,10-,11-. The first-order chi connectivity index (χ1) is 6.27. The Morgan fingerprint density at radius 1 is 1.50 bits per heavy atom. The van der Waals surface area contributed by atoms with Gasteiger partial charge in [-0.15, -0.1) is 13.2 Å². The summed E-state index contributed by atoms with van der Waals surface area (Å²) in [5, 5.41) is 3.39. The molecule has 0 radical (unpaired) electrons. The topological polar surface area (TPSA) is 12.0 Å². The lowest BCUT2D eigenvalue weighted by atomic mass is 10.0. The zero-order valence-corrected chi connectivity index (χ0v) is 7.37. The van der Waals surface area contributed by atoms with Gasteiger partial charge in [0.25, 0.3) is 0 Å². The van der Waals surface area contributed by atoms with Crippen molar-refractivity contribution in [3.63, 3.8) is 0 Å². The van der Waals surface area contributed by atoms with E-state index < -0.39 is 0 Å². The molecule has 1 N–H and O–H groups in total. The molecule has 12 heavy (non-hydrogen) atoms. The van der Waals surface area contributed by atoms with Crippen LogP contribution in [0.4, 0.5) is 0 Å². The Balaban J connectivity index is 2.53. The summed E-state index contributed by atoms with van der Waals surface area (Å²) in [6.07, 6.45) is 9.42. The average molecular weight is 164 g/mol. The van der Waals surface area contributed by atoms with Crippen LogP contribution >= 0.6 is 0 Å². The molecule has 66 valence electrons. The third kappa shape index (κ3) is 2.67. The summed E-state index contributed by atoms with van der Waals surface area (Å²) >= 11 is 0. The number of hydrogen-bond acceptors (Lipinski definition) is 1. The molecule has 1 heteroatoms. The second-order valence-electron chi connectivity index (χ2n) is 3.01. The zero-order chi connectivity index (χ0) is 9.68. The molecule has 0 fully saturated rings. The summed E-state index contributed by atoms with van der Waals surface area (Å²) in [4.78, 5) is 0. The molecular weight excluding hydrogens is 146 g/mol. The van der Waals surface area contributed by atoms with E-state index in [0.717, 1.165) is 12.8 Å². The van der Waals surface area contributed by atoms with Crippen LogP contribution in [0.5, 0.6) is 0 Å². The van der Waals surface area contributed by atoms with Crippen LogP contribution in [0, 0.1) is 0 Å². The largest absolute Gasteiger partial charge is 0.307 e. The fourth-order valence-corrected chi connectivity index (χ4v) is 1.37. The molecule has 0 saturated heterocycles. The van der Waals surface area contributed by atoms with Crippen molar-refractivity contribution in [1.29, 1.82) is 0 Å². The highest BCUT2D eigenvalue weighted by molar-refractivity contribution is 5.04. The van der Waals surface area contributed by atoms with E-state index in [0.29, 0.717) is 6.04 Å². The molecule has 1 rings (SSSR count). The lowest BCUT2D eigenvalue weighted by molar-refractivity contribution is 0.455. The van der Waals surface area contributed by atoms with Crippen LogP contribution in [0.3, 0.4) is 0 Å². The molecule has 1 heterocycles. The predicted molar refractivity (Wildman–Crippen MR) is 54.1 cm³/mol. The molecule has 0 aromatic heterocycles. The van der Waals surface area contributed by atoms with Gasteiger partial charge in [0.1, 0.15) is 0 Å². The molecule has 0 aliphatic carbocycles. The molecule has 1 unspecified atom stereocenters. The van der Waals surface area contributed by atoms with Crippen molar-refractivity contribution in [3.05, 3.63) is 37.5 Å². The minimum atomic E-state index is -0.140. The summed E-state index contributed by atoms with van der Waals surface area (Å²) in [5.74, 6) is 0. The van der Waals surface area contributed by atoms with Crippen LogP contribution in [0.25, 0.3) is 0 Å². The highest BCUT2D eigenvalue weighted by atomic mass is 14.9. The molecule has 3 atom stereocenters. The van der Waals surface area contributed by atoms with E-state index in [1.54, 1.807) is 0 Å².